The molecule has 0 aliphatic heterocycles. The molecule has 0 aliphatic rings. The highest BCUT2D eigenvalue weighted by Gasteiger charge is 2.01. The van der Waals surface area contributed by atoms with Crippen molar-refractivity contribution in [2.45, 2.75) is 19.8 Å². The van der Waals surface area contributed by atoms with Crippen LogP contribution in [-0.4, -0.2) is 14.9 Å². The molecule has 0 fully saturated rings. The standard InChI is InChI=1S/C7H10N2O2.ClH/c1-5(2)6-3-4-9(11)7(10)8-6;/h3-5,11H,1-2H3;1H. The molecule has 0 aliphatic carbocycles. The lowest BCUT2D eigenvalue weighted by Gasteiger charge is -2.02. The number of halogens is 1. The molecule has 0 saturated carbocycles. The minimum Gasteiger partial charge on any atom is -0.424 e. The van der Waals surface area contributed by atoms with Gasteiger partial charge in [0.1, 0.15) is 0 Å². The van der Waals surface area contributed by atoms with Gasteiger partial charge in [0.2, 0.25) is 0 Å². The maximum Gasteiger partial charge on any atom is 0.380 e. The molecule has 0 bridgehead atoms. The molecule has 1 aromatic heterocycles. The third-order valence-corrected chi connectivity index (χ3v) is 1.40. The zero-order chi connectivity index (χ0) is 8.43. The average molecular weight is 191 g/mol. The van der Waals surface area contributed by atoms with E-state index < -0.39 is 5.69 Å². The highest BCUT2D eigenvalue weighted by Crippen LogP contribution is 2.06. The Morgan fingerprint density at radius 1 is 1.58 bits per heavy atom. The molecule has 0 aromatic carbocycles. The third-order valence-electron chi connectivity index (χ3n) is 1.40. The van der Waals surface area contributed by atoms with Gasteiger partial charge in [0.05, 0.1) is 11.9 Å². The summed E-state index contributed by atoms with van der Waals surface area (Å²) >= 11 is 0. The Labute approximate surface area is 76.2 Å². The molecule has 0 amide bonds. The Morgan fingerprint density at radius 2 is 2.17 bits per heavy atom. The second-order valence-corrected chi connectivity index (χ2v) is 2.63. The number of hydrogen-bond acceptors (Lipinski definition) is 3. The first-order valence-electron chi connectivity index (χ1n) is 3.40. The Balaban J connectivity index is 0.00000121. The number of aromatic nitrogens is 2. The predicted octanol–water partition coefficient (Wildman–Crippen LogP) is 1.03. The second kappa shape index (κ2) is 4.11. The lowest BCUT2D eigenvalue weighted by molar-refractivity contribution is 0.169. The average Bonchev–Trinajstić information content (AvgIpc) is 1.94. The van der Waals surface area contributed by atoms with Crippen LogP contribution in [-0.2, 0) is 0 Å². The van der Waals surface area contributed by atoms with Gasteiger partial charge < -0.3 is 5.21 Å². The first-order valence-corrected chi connectivity index (χ1v) is 3.40. The van der Waals surface area contributed by atoms with Gasteiger partial charge in [-0.3, -0.25) is 0 Å². The summed E-state index contributed by atoms with van der Waals surface area (Å²) < 4.78 is 0.464. The Hall–Kier alpha value is -1.03. The minimum absolute atomic E-state index is 0. The van der Waals surface area contributed by atoms with E-state index in [1.807, 2.05) is 13.8 Å². The third kappa shape index (κ3) is 2.23. The fraction of sp³-hybridized carbons (Fsp3) is 0.429. The van der Waals surface area contributed by atoms with Crippen LogP contribution < -0.4 is 5.69 Å². The topological polar surface area (TPSA) is 55.1 Å². The highest BCUT2D eigenvalue weighted by atomic mass is 35.5. The van der Waals surface area contributed by atoms with Crippen LogP contribution in [0.15, 0.2) is 17.1 Å². The van der Waals surface area contributed by atoms with E-state index >= 15 is 0 Å². The zero-order valence-electron chi connectivity index (χ0n) is 6.89. The van der Waals surface area contributed by atoms with Crippen LogP contribution in [0.4, 0.5) is 0 Å². The van der Waals surface area contributed by atoms with Gasteiger partial charge in [-0.1, -0.05) is 13.8 Å². The highest BCUT2D eigenvalue weighted by molar-refractivity contribution is 5.85. The van der Waals surface area contributed by atoms with E-state index in [2.05, 4.69) is 4.98 Å². The van der Waals surface area contributed by atoms with Crippen molar-refractivity contribution >= 4 is 12.4 Å². The van der Waals surface area contributed by atoms with E-state index in [0.717, 1.165) is 0 Å². The minimum atomic E-state index is -0.629. The molecule has 0 radical (unpaired) electrons. The van der Waals surface area contributed by atoms with Gasteiger partial charge in [0.15, 0.2) is 0 Å². The second-order valence-electron chi connectivity index (χ2n) is 2.63. The van der Waals surface area contributed by atoms with Crippen molar-refractivity contribution in [1.82, 2.24) is 9.71 Å². The van der Waals surface area contributed by atoms with Crippen molar-refractivity contribution in [1.29, 1.82) is 0 Å². The van der Waals surface area contributed by atoms with Crippen LogP contribution in [0.3, 0.4) is 0 Å². The van der Waals surface area contributed by atoms with Crippen molar-refractivity contribution < 1.29 is 5.21 Å². The molecule has 0 spiro atoms. The summed E-state index contributed by atoms with van der Waals surface area (Å²) in [6, 6.07) is 1.62. The molecule has 1 aromatic rings. The van der Waals surface area contributed by atoms with Gasteiger partial charge in [-0.2, -0.15) is 4.98 Å². The summed E-state index contributed by atoms with van der Waals surface area (Å²) in [7, 11) is 0. The summed E-state index contributed by atoms with van der Waals surface area (Å²) in [5.74, 6) is 0.212. The molecule has 1 heterocycles. The van der Waals surface area contributed by atoms with Crippen molar-refractivity contribution in [2.24, 2.45) is 0 Å². The van der Waals surface area contributed by atoms with Gasteiger partial charge in [0, 0.05) is 0 Å². The zero-order valence-corrected chi connectivity index (χ0v) is 7.71. The molecule has 0 atom stereocenters. The van der Waals surface area contributed by atoms with E-state index in [4.69, 9.17) is 5.21 Å². The molecule has 12 heavy (non-hydrogen) atoms. The Morgan fingerprint density at radius 3 is 2.58 bits per heavy atom. The van der Waals surface area contributed by atoms with E-state index in [1.54, 1.807) is 6.07 Å². The van der Waals surface area contributed by atoms with Crippen LogP contribution >= 0.6 is 12.4 Å². The summed E-state index contributed by atoms with van der Waals surface area (Å²) in [6.07, 6.45) is 1.30. The van der Waals surface area contributed by atoms with Crippen LogP contribution in [0.2, 0.25) is 0 Å². The molecule has 0 unspecified atom stereocenters. The maximum absolute atomic E-state index is 10.7. The van der Waals surface area contributed by atoms with Gasteiger partial charge in [-0.15, -0.1) is 17.1 Å². The number of hydrogen-bond donors (Lipinski definition) is 1. The summed E-state index contributed by atoms with van der Waals surface area (Å²) in [6.45, 7) is 3.87. The summed E-state index contributed by atoms with van der Waals surface area (Å²) in [5.41, 5.74) is 0.0662. The van der Waals surface area contributed by atoms with Crippen LogP contribution in [0, 0.1) is 0 Å². The Kier molecular flexibility index (Phi) is 3.76. The molecule has 0 saturated heterocycles. The van der Waals surface area contributed by atoms with E-state index in [1.165, 1.54) is 6.20 Å². The fourth-order valence-corrected chi connectivity index (χ4v) is 0.731. The molecule has 1 rings (SSSR count). The summed E-state index contributed by atoms with van der Waals surface area (Å²) in [5, 5.41) is 8.77. The first-order chi connectivity index (χ1) is 5.11. The van der Waals surface area contributed by atoms with Crippen LogP contribution in [0.25, 0.3) is 0 Å². The number of rotatable bonds is 1. The van der Waals surface area contributed by atoms with Gasteiger partial charge in [-0.05, 0) is 12.0 Å². The van der Waals surface area contributed by atoms with Gasteiger partial charge in [-0.25, -0.2) is 4.79 Å². The predicted molar refractivity (Wildman–Crippen MR) is 47.0 cm³/mol. The molecule has 4 nitrogen and oxygen atoms in total. The molecular weight excluding hydrogens is 180 g/mol. The maximum atomic E-state index is 10.7. The van der Waals surface area contributed by atoms with Crippen molar-refractivity contribution in [3.63, 3.8) is 0 Å². The molecule has 68 valence electrons. The van der Waals surface area contributed by atoms with E-state index in [0.29, 0.717) is 10.4 Å². The van der Waals surface area contributed by atoms with Crippen LogP contribution in [0.1, 0.15) is 25.5 Å². The SMILES string of the molecule is CC(C)c1ccn(O)c(=O)n1.Cl. The van der Waals surface area contributed by atoms with Gasteiger partial charge >= 0.3 is 5.69 Å². The largest absolute Gasteiger partial charge is 0.424 e. The summed E-state index contributed by atoms with van der Waals surface area (Å²) in [4.78, 5) is 14.4. The Bertz CT molecular complexity index is 309. The quantitative estimate of drug-likeness (QED) is 0.673. The van der Waals surface area contributed by atoms with Gasteiger partial charge in [0.25, 0.3) is 0 Å². The number of nitrogens with zero attached hydrogens (tertiary/aromatic N) is 2. The lowest BCUT2D eigenvalue weighted by Crippen LogP contribution is -2.21. The first kappa shape index (κ1) is 11.0. The van der Waals surface area contributed by atoms with Crippen molar-refractivity contribution in [3.05, 3.63) is 28.4 Å². The molecule has 1 N–H and O–H groups in total. The van der Waals surface area contributed by atoms with E-state index in [9.17, 15) is 4.79 Å². The van der Waals surface area contributed by atoms with Crippen molar-refractivity contribution in [2.75, 3.05) is 0 Å². The van der Waals surface area contributed by atoms with E-state index in [-0.39, 0.29) is 18.3 Å². The monoisotopic (exact) mass is 190 g/mol. The normalized spacial score (nSPS) is 9.58. The molecule has 5 heteroatoms. The van der Waals surface area contributed by atoms with Crippen molar-refractivity contribution in [3.8, 4) is 0 Å². The molecular formula is C7H11ClN2O2. The van der Waals surface area contributed by atoms with Crippen LogP contribution in [0.5, 0.6) is 0 Å². The lowest BCUT2D eigenvalue weighted by atomic mass is 10.1. The fourth-order valence-electron chi connectivity index (χ4n) is 0.731. The smallest absolute Gasteiger partial charge is 0.380 e.